The highest BCUT2D eigenvalue weighted by molar-refractivity contribution is 6.36. The standard InChI is InChI=1S/C22H26Cl2N4O2/c23-17-6-8-19(20(24)14-17)22(30)28-12-10-27(11-13-28)9-3-1-2-4-18-7-5-16(15-26-18)21(25)29/h5-8,14-15H,1-4,9-13H2,(H2,25,29). The van der Waals surface area contributed by atoms with Crippen molar-refractivity contribution >= 4 is 35.0 Å². The first-order valence-electron chi connectivity index (χ1n) is 10.2. The third kappa shape index (κ3) is 6.17. The number of amides is 2. The molecule has 30 heavy (non-hydrogen) atoms. The van der Waals surface area contributed by atoms with Crippen molar-refractivity contribution in [2.24, 2.45) is 5.73 Å². The number of hydrogen-bond acceptors (Lipinski definition) is 4. The van der Waals surface area contributed by atoms with Gasteiger partial charge in [-0.05, 0) is 56.1 Å². The summed E-state index contributed by atoms with van der Waals surface area (Å²) < 4.78 is 0. The van der Waals surface area contributed by atoms with E-state index in [0.29, 0.717) is 34.3 Å². The van der Waals surface area contributed by atoms with Crippen molar-refractivity contribution < 1.29 is 9.59 Å². The fraction of sp³-hybridized carbons (Fsp3) is 0.409. The van der Waals surface area contributed by atoms with Gasteiger partial charge in [0.25, 0.3) is 5.91 Å². The molecule has 0 saturated carbocycles. The molecule has 2 N–H and O–H groups in total. The number of aromatic nitrogens is 1. The average Bonchev–Trinajstić information content (AvgIpc) is 2.74. The average molecular weight is 449 g/mol. The molecule has 0 unspecified atom stereocenters. The van der Waals surface area contributed by atoms with Gasteiger partial charge in [-0.2, -0.15) is 0 Å². The molecule has 1 saturated heterocycles. The minimum Gasteiger partial charge on any atom is -0.366 e. The number of halogens is 2. The van der Waals surface area contributed by atoms with Crippen LogP contribution in [0.2, 0.25) is 10.0 Å². The van der Waals surface area contributed by atoms with Crippen molar-refractivity contribution in [3.05, 3.63) is 63.4 Å². The molecule has 0 bridgehead atoms. The molecule has 0 spiro atoms. The van der Waals surface area contributed by atoms with E-state index in [1.165, 1.54) is 6.20 Å². The quantitative estimate of drug-likeness (QED) is 0.624. The van der Waals surface area contributed by atoms with E-state index in [9.17, 15) is 9.59 Å². The Labute approximate surface area is 187 Å². The van der Waals surface area contributed by atoms with Crippen LogP contribution in [0.4, 0.5) is 0 Å². The number of carbonyl (C=O) groups is 2. The Balaban J connectivity index is 1.34. The van der Waals surface area contributed by atoms with Gasteiger partial charge in [0, 0.05) is 43.1 Å². The number of unbranched alkanes of at least 4 members (excludes halogenated alkanes) is 2. The number of carbonyl (C=O) groups excluding carboxylic acids is 2. The molecule has 0 atom stereocenters. The van der Waals surface area contributed by atoms with Crippen LogP contribution in [-0.2, 0) is 6.42 Å². The van der Waals surface area contributed by atoms with Gasteiger partial charge in [0.05, 0.1) is 16.1 Å². The van der Waals surface area contributed by atoms with Crippen LogP contribution in [-0.4, -0.2) is 59.3 Å². The van der Waals surface area contributed by atoms with E-state index in [4.69, 9.17) is 28.9 Å². The summed E-state index contributed by atoms with van der Waals surface area (Å²) in [4.78, 5) is 32.3. The number of pyridine rings is 1. The largest absolute Gasteiger partial charge is 0.366 e. The zero-order valence-electron chi connectivity index (χ0n) is 16.8. The third-order valence-corrected chi connectivity index (χ3v) is 5.89. The predicted octanol–water partition coefficient (Wildman–Crippen LogP) is 3.66. The number of benzene rings is 1. The Bertz CT molecular complexity index is 881. The predicted molar refractivity (Wildman–Crippen MR) is 119 cm³/mol. The minimum absolute atomic E-state index is 0.0360. The second-order valence-corrected chi connectivity index (χ2v) is 8.31. The lowest BCUT2D eigenvalue weighted by molar-refractivity contribution is 0.0635. The highest BCUT2D eigenvalue weighted by Crippen LogP contribution is 2.23. The summed E-state index contributed by atoms with van der Waals surface area (Å²) in [5.74, 6) is -0.488. The molecule has 1 aliphatic heterocycles. The van der Waals surface area contributed by atoms with Crippen LogP contribution in [0.15, 0.2) is 36.5 Å². The van der Waals surface area contributed by atoms with Crippen molar-refractivity contribution in [2.75, 3.05) is 32.7 Å². The first kappa shape index (κ1) is 22.5. The number of aryl methyl sites for hydroxylation is 1. The van der Waals surface area contributed by atoms with Crippen LogP contribution in [0.5, 0.6) is 0 Å². The molecule has 0 aliphatic carbocycles. The van der Waals surface area contributed by atoms with Gasteiger partial charge in [-0.3, -0.25) is 19.5 Å². The van der Waals surface area contributed by atoms with E-state index in [1.54, 1.807) is 24.3 Å². The summed E-state index contributed by atoms with van der Waals surface area (Å²) in [5, 5.41) is 0.925. The van der Waals surface area contributed by atoms with Gasteiger partial charge in [-0.15, -0.1) is 0 Å². The number of primary amides is 1. The molecule has 1 aliphatic rings. The summed E-state index contributed by atoms with van der Waals surface area (Å²) in [7, 11) is 0. The Morgan fingerprint density at radius 2 is 1.77 bits per heavy atom. The Morgan fingerprint density at radius 3 is 2.40 bits per heavy atom. The van der Waals surface area contributed by atoms with Crippen LogP contribution in [0.25, 0.3) is 0 Å². The van der Waals surface area contributed by atoms with Crippen LogP contribution in [0.3, 0.4) is 0 Å². The Kier molecular flexibility index (Phi) is 8.08. The zero-order valence-corrected chi connectivity index (χ0v) is 18.3. The van der Waals surface area contributed by atoms with E-state index >= 15 is 0 Å². The van der Waals surface area contributed by atoms with Crippen molar-refractivity contribution in [3.8, 4) is 0 Å². The molecule has 1 fully saturated rings. The fourth-order valence-corrected chi connectivity index (χ4v) is 4.03. The van der Waals surface area contributed by atoms with Gasteiger partial charge in [0.15, 0.2) is 0 Å². The summed E-state index contributed by atoms with van der Waals surface area (Å²) in [5.41, 5.74) is 7.15. The van der Waals surface area contributed by atoms with Crippen LogP contribution < -0.4 is 5.73 Å². The van der Waals surface area contributed by atoms with E-state index in [1.807, 2.05) is 11.0 Å². The van der Waals surface area contributed by atoms with E-state index in [-0.39, 0.29) is 5.91 Å². The van der Waals surface area contributed by atoms with Crippen molar-refractivity contribution in [2.45, 2.75) is 25.7 Å². The van der Waals surface area contributed by atoms with Crippen LogP contribution in [0.1, 0.15) is 45.7 Å². The smallest absolute Gasteiger partial charge is 0.255 e. The monoisotopic (exact) mass is 448 g/mol. The van der Waals surface area contributed by atoms with Crippen molar-refractivity contribution in [1.29, 1.82) is 0 Å². The Hall–Kier alpha value is -2.15. The van der Waals surface area contributed by atoms with Gasteiger partial charge >= 0.3 is 0 Å². The first-order chi connectivity index (χ1) is 14.4. The molecular weight excluding hydrogens is 423 g/mol. The number of piperazine rings is 1. The molecule has 160 valence electrons. The van der Waals surface area contributed by atoms with Gasteiger partial charge in [0.1, 0.15) is 0 Å². The first-order valence-corrected chi connectivity index (χ1v) is 10.9. The lowest BCUT2D eigenvalue weighted by Gasteiger charge is -2.35. The molecular formula is C22H26Cl2N4O2. The van der Waals surface area contributed by atoms with Gasteiger partial charge in [-0.1, -0.05) is 29.6 Å². The van der Waals surface area contributed by atoms with E-state index in [0.717, 1.165) is 51.0 Å². The topological polar surface area (TPSA) is 79.5 Å². The molecule has 2 heterocycles. The normalized spacial score (nSPS) is 14.7. The summed E-state index contributed by atoms with van der Waals surface area (Å²) in [6.45, 7) is 4.17. The zero-order chi connectivity index (χ0) is 21.5. The lowest BCUT2D eigenvalue weighted by atomic mass is 10.1. The van der Waals surface area contributed by atoms with Crippen molar-refractivity contribution in [1.82, 2.24) is 14.8 Å². The van der Waals surface area contributed by atoms with Crippen LogP contribution >= 0.6 is 23.2 Å². The molecule has 2 amide bonds. The summed E-state index contributed by atoms with van der Waals surface area (Å²) >= 11 is 12.1. The highest BCUT2D eigenvalue weighted by atomic mass is 35.5. The number of hydrogen-bond donors (Lipinski definition) is 1. The van der Waals surface area contributed by atoms with E-state index < -0.39 is 5.91 Å². The van der Waals surface area contributed by atoms with Gasteiger partial charge < -0.3 is 10.6 Å². The maximum atomic E-state index is 12.7. The third-order valence-electron chi connectivity index (χ3n) is 5.34. The fourth-order valence-electron chi connectivity index (χ4n) is 3.54. The number of rotatable bonds is 8. The Morgan fingerprint density at radius 1 is 1.00 bits per heavy atom. The highest BCUT2D eigenvalue weighted by Gasteiger charge is 2.23. The molecule has 8 heteroatoms. The lowest BCUT2D eigenvalue weighted by Crippen LogP contribution is -2.48. The summed E-state index contributed by atoms with van der Waals surface area (Å²) in [6.07, 6.45) is 5.70. The molecule has 6 nitrogen and oxygen atoms in total. The second-order valence-electron chi connectivity index (χ2n) is 7.47. The minimum atomic E-state index is -0.452. The van der Waals surface area contributed by atoms with E-state index in [2.05, 4.69) is 9.88 Å². The second kappa shape index (κ2) is 10.8. The van der Waals surface area contributed by atoms with Crippen LogP contribution in [0, 0.1) is 0 Å². The van der Waals surface area contributed by atoms with Gasteiger partial charge in [0.2, 0.25) is 5.91 Å². The van der Waals surface area contributed by atoms with Gasteiger partial charge in [-0.25, -0.2) is 0 Å². The molecule has 0 radical (unpaired) electrons. The molecule has 1 aromatic carbocycles. The number of nitrogens with two attached hydrogens (primary N) is 1. The molecule has 1 aromatic heterocycles. The maximum absolute atomic E-state index is 12.7. The molecule has 2 aromatic rings. The summed E-state index contributed by atoms with van der Waals surface area (Å²) in [6, 6.07) is 8.58. The SMILES string of the molecule is NC(=O)c1ccc(CCCCCN2CCN(C(=O)c3ccc(Cl)cc3Cl)CC2)nc1. The van der Waals surface area contributed by atoms with Crippen molar-refractivity contribution in [3.63, 3.8) is 0 Å². The number of nitrogens with zero attached hydrogens (tertiary/aromatic N) is 3. The maximum Gasteiger partial charge on any atom is 0.255 e. The molecule has 3 rings (SSSR count).